The molecule has 2 aromatic rings. The first kappa shape index (κ1) is 18.5. The quantitative estimate of drug-likeness (QED) is 0.849. The molecule has 1 amide bonds. The van der Waals surface area contributed by atoms with Gasteiger partial charge in [0, 0.05) is 30.5 Å². The Balaban J connectivity index is 1.43. The van der Waals surface area contributed by atoms with E-state index in [9.17, 15) is 9.90 Å². The largest absolute Gasteiger partial charge is 0.385 e. The molecule has 1 heterocycles. The van der Waals surface area contributed by atoms with Crippen molar-refractivity contribution >= 4 is 17.5 Å². The number of hydrogen-bond acceptors (Lipinski definition) is 2. The standard InChI is InChI=1S/C23H26ClNO2/c24-20-11-8-17(9-12-20)10-13-22(26)25-15-18-5-4-14-23(27,21(18)16-25)19-6-2-1-3-7-19/h1-3,6-9,11-12,18,21,27H,4-5,10,13-16H2/t18-,21+,23+/m0/s1. The van der Waals surface area contributed by atoms with Gasteiger partial charge in [-0.05, 0) is 54.9 Å². The SMILES string of the molecule is O=C(CCc1ccc(Cl)cc1)N1C[C@@H]2CCC[C@@](O)(c3ccccc3)[C@@H]2C1. The molecule has 2 aromatic carbocycles. The lowest BCUT2D eigenvalue weighted by molar-refractivity contribution is -0.130. The molecule has 0 radical (unpaired) electrons. The molecular formula is C23H26ClNO2. The predicted molar refractivity (Wildman–Crippen MR) is 108 cm³/mol. The number of benzene rings is 2. The van der Waals surface area contributed by atoms with E-state index in [1.165, 1.54) is 0 Å². The summed E-state index contributed by atoms with van der Waals surface area (Å²) in [6, 6.07) is 17.7. The summed E-state index contributed by atoms with van der Waals surface area (Å²) in [6.07, 6.45) is 4.13. The topological polar surface area (TPSA) is 40.5 Å². The van der Waals surface area contributed by atoms with Crippen LogP contribution in [0.4, 0.5) is 0 Å². The number of hydrogen-bond donors (Lipinski definition) is 1. The fourth-order valence-corrected chi connectivity index (χ4v) is 5.00. The molecule has 2 aliphatic rings. The molecule has 27 heavy (non-hydrogen) atoms. The maximum atomic E-state index is 12.8. The number of nitrogens with zero attached hydrogens (tertiary/aromatic N) is 1. The van der Waals surface area contributed by atoms with Crippen molar-refractivity contribution in [2.45, 2.75) is 37.7 Å². The van der Waals surface area contributed by atoms with Crippen molar-refractivity contribution in [3.63, 3.8) is 0 Å². The average molecular weight is 384 g/mol. The zero-order valence-electron chi connectivity index (χ0n) is 15.5. The molecular weight excluding hydrogens is 358 g/mol. The number of rotatable bonds is 4. The van der Waals surface area contributed by atoms with Crippen LogP contribution >= 0.6 is 11.6 Å². The number of halogens is 1. The van der Waals surface area contributed by atoms with Crippen LogP contribution in [-0.4, -0.2) is 29.0 Å². The maximum Gasteiger partial charge on any atom is 0.222 e. The Hall–Kier alpha value is -1.84. The normalized spacial score (nSPS) is 27.4. The van der Waals surface area contributed by atoms with Gasteiger partial charge in [0.15, 0.2) is 0 Å². The van der Waals surface area contributed by atoms with Gasteiger partial charge in [-0.2, -0.15) is 0 Å². The van der Waals surface area contributed by atoms with Crippen molar-refractivity contribution in [3.05, 3.63) is 70.7 Å². The molecule has 3 atom stereocenters. The third-order valence-corrected chi connectivity index (χ3v) is 6.61. The molecule has 1 saturated heterocycles. The summed E-state index contributed by atoms with van der Waals surface area (Å²) in [5.74, 6) is 0.714. The molecule has 0 aromatic heterocycles. The monoisotopic (exact) mass is 383 g/mol. The van der Waals surface area contributed by atoms with E-state index in [4.69, 9.17) is 11.6 Å². The molecule has 0 spiro atoms. The van der Waals surface area contributed by atoms with Crippen molar-refractivity contribution in [2.75, 3.05) is 13.1 Å². The summed E-state index contributed by atoms with van der Waals surface area (Å²) in [4.78, 5) is 14.8. The van der Waals surface area contributed by atoms with Gasteiger partial charge in [0.25, 0.3) is 0 Å². The molecule has 142 valence electrons. The van der Waals surface area contributed by atoms with Crippen molar-refractivity contribution in [2.24, 2.45) is 11.8 Å². The highest BCUT2D eigenvalue weighted by Crippen LogP contribution is 2.48. The second-order valence-corrected chi connectivity index (χ2v) is 8.41. The first-order valence-electron chi connectivity index (χ1n) is 9.86. The zero-order valence-corrected chi connectivity index (χ0v) is 16.2. The van der Waals surface area contributed by atoms with Gasteiger partial charge >= 0.3 is 0 Å². The molecule has 1 aliphatic heterocycles. The van der Waals surface area contributed by atoms with E-state index in [-0.39, 0.29) is 11.8 Å². The fraction of sp³-hybridized carbons (Fsp3) is 0.435. The van der Waals surface area contributed by atoms with Crippen LogP contribution in [0.25, 0.3) is 0 Å². The molecule has 4 rings (SSSR count). The Labute approximate surface area is 166 Å². The van der Waals surface area contributed by atoms with Gasteiger partial charge in [0.05, 0.1) is 5.60 Å². The van der Waals surface area contributed by atoms with Gasteiger partial charge in [0.1, 0.15) is 0 Å². The average Bonchev–Trinajstić information content (AvgIpc) is 3.14. The summed E-state index contributed by atoms with van der Waals surface area (Å²) in [6.45, 7) is 1.44. The summed E-state index contributed by atoms with van der Waals surface area (Å²) >= 11 is 5.93. The molecule has 1 saturated carbocycles. The number of carbonyl (C=O) groups is 1. The smallest absolute Gasteiger partial charge is 0.222 e. The summed E-state index contributed by atoms with van der Waals surface area (Å²) in [7, 11) is 0. The van der Waals surface area contributed by atoms with Gasteiger partial charge in [-0.25, -0.2) is 0 Å². The van der Waals surface area contributed by atoms with E-state index >= 15 is 0 Å². The van der Waals surface area contributed by atoms with Crippen molar-refractivity contribution in [3.8, 4) is 0 Å². The molecule has 0 unspecified atom stereocenters. The van der Waals surface area contributed by atoms with Gasteiger partial charge in [-0.3, -0.25) is 4.79 Å². The van der Waals surface area contributed by atoms with Gasteiger partial charge in [-0.1, -0.05) is 54.1 Å². The minimum atomic E-state index is -0.810. The molecule has 0 bridgehead atoms. The Kier molecular flexibility index (Phi) is 5.25. The van der Waals surface area contributed by atoms with E-state index in [0.29, 0.717) is 23.9 Å². The first-order valence-corrected chi connectivity index (χ1v) is 10.2. The molecule has 2 fully saturated rings. The number of aryl methyl sites for hydroxylation is 1. The van der Waals surface area contributed by atoms with Crippen LogP contribution in [0, 0.1) is 11.8 Å². The zero-order chi connectivity index (χ0) is 18.9. The minimum absolute atomic E-state index is 0.133. The second-order valence-electron chi connectivity index (χ2n) is 7.97. The van der Waals surface area contributed by atoms with E-state index in [0.717, 1.165) is 43.4 Å². The number of carbonyl (C=O) groups excluding carboxylic acids is 1. The predicted octanol–water partition coefficient (Wildman–Crippen LogP) is 4.42. The Bertz CT molecular complexity index is 792. The molecule has 1 N–H and O–H groups in total. The highest BCUT2D eigenvalue weighted by atomic mass is 35.5. The number of likely N-dealkylation sites (tertiary alicyclic amines) is 1. The highest BCUT2D eigenvalue weighted by Gasteiger charge is 2.50. The molecule has 3 nitrogen and oxygen atoms in total. The van der Waals surface area contributed by atoms with Crippen LogP contribution < -0.4 is 0 Å². The maximum absolute atomic E-state index is 12.8. The Morgan fingerprint density at radius 1 is 1.11 bits per heavy atom. The van der Waals surface area contributed by atoms with Crippen molar-refractivity contribution in [1.29, 1.82) is 0 Å². The Morgan fingerprint density at radius 2 is 1.85 bits per heavy atom. The summed E-state index contributed by atoms with van der Waals surface area (Å²) < 4.78 is 0. The number of amides is 1. The van der Waals surface area contributed by atoms with E-state index in [2.05, 4.69) is 0 Å². The lowest BCUT2D eigenvalue weighted by Crippen LogP contribution is -2.42. The van der Waals surface area contributed by atoms with Gasteiger partial charge < -0.3 is 10.0 Å². The van der Waals surface area contributed by atoms with Crippen molar-refractivity contribution in [1.82, 2.24) is 4.90 Å². The third-order valence-electron chi connectivity index (χ3n) is 6.35. The summed E-state index contributed by atoms with van der Waals surface area (Å²) in [5, 5.41) is 12.2. The van der Waals surface area contributed by atoms with Crippen LogP contribution in [0.5, 0.6) is 0 Å². The first-order chi connectivity index (χ1) is 13.1. The van der Waals surface area contributed by atoms with Crippen LogP contribution in [-0.2, 0) is 16.8 Å². The number of fused-ring (bicyclic) bond motifs is 1. The van der Waals surface area contributed by atoms with Crippen LogP contribution in [0.2, 0.25) is 5.02 Å². The third kappa shape index (κ3) is 3.76. The minimum Gasteiger partial charge on any atom is -0.385 e. The van der Waals surface area contributed by atoms with Crippen LogP contribution in [0.3, 0.4) is 0 Å². The Morgan fingerprint density at radius 3 is 2.59 bits per heavy atom. The van der Waals surface area contributed by atoms with Crippen LogP contribution in [0.1, 0.15) is 36.8 Å². The lowest BCUT2D eigenvalue weighted by atomic mass is 9.67. The van der Waals surface area contributed by atoms with Gasteiger partial charge in [0.2, 0.25) is 5.91 Å². The second kappa shape index (κ2) is 7.65. The number of aliphatic hydroxyl groups is 1. The van der Waals surface area contributed by atoms with Crippen LogP contribution in [0.15, 0.2) is 54.6 Å². The highest BCUT2D eigenvalue weighted by molar-refractivity contribution is 6.30. The van der Waals surface area contributed by atoms with E-state index in [1.54, 1.807) is 0 Å². The lowest BCUT2D eigenvalue weighted by Gasteiger charge is -2.41. The van der Waals surface area contributed by atoms with E-state index < -0.39 is 5.60 Å². The van der Waals surface area contributed by atoms with E-state index in [1.807, 2.05) is 59.5 Å². The van der Waals surface area contributed by atoms with Crippen molar-refractivity contribution < 1.29 is 9.90 Å². The van der Waals surface area contributed by atoms with Gasteiger partial charge in [-0.15, -0.1) is 0 Å². The fourth-order valence-electron chi connectivity index (χ4n) is 4.87. The molecule has 1 aliphatic carbocycles. The molecule has 4 heteroatoms. The summed E-state index contributed by atoms with van der Waals surface area (Å²) in [5.41, 5.74) is 1.32.